The molecule has 1 saturated carbocycles. The molecule has 3 fully saturated rings. The summed E-state index contributed by atoms with van der Waals surface area (Å²) in [4.78, 5) is 25.7. The maximum Gasteiger partial charge on any atom is 0.273 e. The van der Waals surface area contributed by atoms with Gasteiger partial charge in [0.25, 0.3) is 12.6 Å². The van der Waals surface area contributed by atoms with Crippen molar-refractivity contribution in [2.45, 2.75) is 37.6 Å². The minimum Gasteiger partial charge on any atom is -0.366 e. The molecule has 5 heterocycles. The summed E-state index contributed by atoms with van der Waals surface area (Å²) >= 11 is 0. The molecule has 180 valence electrons. The number of hydrogen-bond acceptors (Lipinski definition) is 5. The Kier molecular flexibility index (Phi) is 5.86. The van der Waals surface area contributed by atoms with Crippen LogP contribution >= 0.6 is 0 Å². The van der Waals surface area contributed by atoms with E-state index in [0.717, 1.165) is 74.6 Å². The van der Waals surface area contributed by atoms with Gasteiger partial charge in [-0.1, -0.05) is 10.9 Å². The Morgan fingerprint density at radius 2 is 2.00 bits per heavy atom. The second-order valence-electron chi connectivity index (χ2n) is 10.1. The van der Waals surface area contributed by atoms with Crippen molar-refractivity contribution in [3.8, 4) is 17.8 Å². The second kappa shape index (κ2) is 9.31. The molecule has 1 amide bonds. The topological polar surface area (TPSA) is 70.1 Å². The first kappa shape index (κ1) is 22.1. The summed E-state index contributed by atoms with van der Waals surface area (Å²) in [6.45, 7) is 10.6. The number of piperidine rings is 1. The highest BCUT2D eigenvalue weighted by molar-refractivity contribution is 5.81. The maximum absolute atomic E-state index is 12.8. The van der Waals surface area contributed by atoms with Crippen molar-refractivity contribution in [1.29, 1.82) is 0 Å². The number of nitrogens with one attached hydrogen (secondary N) is 1. The van der Waals surface area contributed by atoms with Gasteiger partial charge in [0.2, 0.25) is 5.91 Å². The third-order valence-corrected chi connectivity index (χ3v) is 7.94. The monoisotopic (exact) mass is 470 g/mol. The van der Waals surface area contributed by atoms with E-state index in [1.165, 1.54) is 18.4 Å². The van der Waals surface area contributed by atoms with Crippen molar-refractivity contribution < 1.29 is 4.79 Å². The molecule has 0 radical (unpaired) electrons. The van der Waals surface area contributed by atoms with Crippen LogP contribution in [0.15, 0.2) is 42.9 Å². The largest absolute Gasteiger partial charge is 0.366 e. The Morgan fingerprint density at radius 3 is 2.71 bits per heavy atom. The van der Waals surface area contributed by atoms with E-state index in [1.54, 1.807) is 0 Å². The van der Waals surface area contributed by atoms with Gasteiger partial charge in [-0.25, -0.2) is 4.52 Å². The molecule has 0 unspecified atom stereocenters. The molecule has 2 saturated heterocycles. The number of nitrogens with zero attached hydrogens (tertiary/aromatic N) is 6. The van der Waals surface area contributed by atoms with Gasteiger partial charge < -0.3 is 15.1 Å². The minimum atomic E-state index is 0.0907. The number of piperazine rings is 1. The van der Waals surface area contributed by atoms with Gasteiger partial charge in [0.1, 0.15) is 0 Å². The molecule has 3 aromatic heterocycles. The van der Waals surface area contributed by atoms with Crippen molar-refractivity contribution in [2.75, 3.05) is 44.2 Å². The molecule has 0 bridgehead atoms. The van der Waals surface area contributed by atoms with Crippen LogP contribution in [0.25, 0.3) is 21.6 Å². The Bertz CT molecular complexity index is 1240. The van der Waals surface area contributed by atoms with E-state index < -0.39 is 0 Å². The lowest BCUT2D eigenvalue weighted by molar-refractivity contribution is -0.138. The quantitative estimate of drug-likeness (QED) is 0.634. The lowest BCUT2D eigenvalue weighted by Crippen LogP contribution is -2.52. The summed E-state index contributed by atoms with van der Waals surface area (Å²) in [6, 6.07) is 8.76. The van der Waals surface area contributed by atoms with Crippen LogP contribution in [-0.4, -0.2) is 70.7 Å². The van der Waals surface area contributed by atoms with Crippen LogP contribution in [0, 0.1) is 12.5 Å². The number of carbonyl (C=O) groups excluding carboxylic acids is 1. The van der Waals surface area contributed by atoms with Gasteiger partial charge in [0.05, 0.1) is 22.8 Å². The average molecular weight is 471 g/mol. The zero-order valence-electron chi connectivity index (χ0n) is 20.0. The van der Waals surface area contributed by atoms with Crippen molar-refractivity contribution >= 4 is 17.1 Å². The van der Waals surface area contributed by atoms with E-state index in [-0.39, 0.29) is 17.9 Å². The van der Waals surface area contributed by atoms with Crippen molar-refractivity contribution in [3.63, 3.8) is 0 Å². The summed E-state index contributed by atoms with van der Waals surface area (Å²) in [5, 5.41) is 8.03. The van der Waals surface area contributed by atoms with E-state index in [1.807, 2.05) is 21.8 Å². The van der Waals surface area contributed by atoms with Crippen LogP contribution in [0.1, 0.15) is 37.2 Å². The summed E-state index contributed by atoms with van der Waals surface area (Å²) in [5.74, 6) is 0.902. The predicted molar refractivity (Wildman–Crippen MR) is 137 cm³/mol. The zero-order valence-corrected chi connectivity index (χ0v) is 20.0. The number of pyridine rings is 1. The van der Waals surface area contributed by atoms with Gasteiger partial charge in [0, 0.05) is 69.7 Å². The third kappa shape index (κ3) is 4.25. The van der Waals surface area contributed by atoms with Crippen LogP contribution in [0.3, 0.4) is 0 Å². The van der Waals surface area contributed by atoms with E-state index in [9.17, 15) is 4.79 Å². The van der Waals surface area contributed by atoms with Crippen molar-refractivity contribution in [1.82, 2.24) is 24.8 Å². The summed E-state index contributed by atoms with van der Waals surface area (Å²) in [5.41, 5.74) is 5.56. The van der Waals surface area contributed by atoms with Gasteiger partial charge in [-0.3, -0.25) is 9.78 Å². The zero-order chi connectivity index (χ0) is 23.8. The normalized spacial score (nSPS) is 24.7. The fraction of sp³-hybridized carbons (Fsp3) is 0.481. The first-order chi connectivity index (χ1) is 17.2. The molecule has 8 heteroatoms. The number of anilines is 1. The van der Waals surface area contributed by atoms with E-state index in [0.29, 0.717) is 5.92 Å². The fourth-order valence-electron chi connectivity index (χ4n) is 5.70. The molecule has 35 heavy (non-hydrogen) atoms. The van der Waals surface area contributed by atoms with Gasteiger partial charge in [-0.15, -0.1) is 0 Å². The molecule has 1 aliphatic carbocycles. The molecule has 3 aromatic rings. The van der Waals surface area contributed by atoms with E-state index in [4.69, 9.17) is 11.6 Å². The molecule has 0 aromatic carbocycles. The summed E-state index contributed by atoms with van der Waals surface area (Å²) < 4.78 is 1.94. The van der Waals surface area contributed by atoms with E-state index in [2.05, 4.69) is 50.6 Å². The maximum atomic E-state index is 12.8. The summed E-state index contributed by atoms with van der Waals surface area (Å²) in [6.07, 6.45) is 9.96. The first-order valence-electron chi connectivity index (χ1n) is 12.8. The highest BCUT2D eigenvalue weighted by atomic mass is 16.2. The van der Waals surface area contributed by atoms with E-state index >= 15 is 0 Å². The van der Waals surface area contributed by atoms with Crippen LogP contribution in [0.4, 0.5) is 5.69 Å². The molecule has 6 rings (SSSR count). The van der Waals surface area contributed by atoms with Crippen molar-refractivity contribution in [2.24, 2.45) is 5.92 Å². The Morgan fingerprint density at radius 1 is 1.14 bits per heavy atom. The SMILES string of the molecule is C#[N+]C1CC(C(=O)N2CCN(c3ccnn4cc(-c5ccc([C@@H]6CCCNC6)cn5)cc34)CC2)C1. The highest BCUT2D eigenvalue weighted by Crippen LogP contribution is 2.33. The predicted octanol–water partition coefficient (Wildman–Crippen LogP) is 3.25. The lowest BCUT2D eigenvalue weighted by atomic mass is 9.79. The van der Waals surface area contributed by atoms with Gasteiger partial charge >= 0.3 is 0 Å². The average Bonchev–Trinajstić information content (AvgIpc) is 3.33. The van der Waals surface area contributed by atoms with Crippen LogP contribution in [0.2, 0.25) is 0 Å². The summed E-state index contributed by atoms with van der Waals surface area (Å²) in [7, 11) is 0. The second-order valence-corrected chi connectivity index (χ2v) is 10.1. The lowest BCUT2D eigenvalue weighted by Gasteiger charge is -2.39. The molecule has 2 aliphatic heterocycles. The van der Waals surface area contributed by atoms with Crippen LogP contribution in [-0.2, 0) is 4.79 Å². The van der Waals surface area contributed by atoms with Crippen LogP contribution < -0.4 is 10.2 Å². The number of aromatic nitrogens is 3. The molecule has 3 aliphatic rings. The fourth-order valence-corrected chi connectivity index (χ4v) is 5.70. The first-order valence-corrected chi connectivity index (χ1v) is 12.8. The Labute approximate surface area is 205 Å². The van der Waals surface area contributed by atoms with Gasteiger partial charge in [0.15, 0.2) is 0 Å². The van der Waals surface area contributed by atoms with Crippen molar-refractivity contribution in [3.05, 3.63) is 53.3 Å². The molecular weight excluding hydrogens is 438 g/mol. The van der Waals surface area contributed by atoms with Gasteiger partial charge in [-0.05, 0) is 49.1 Å². The standard InChI is InChI=1S/C27H32N7O/c1-28-23-13-21(14-23)27(35)33-11-9-32(10-12-33)25-6-8-31-34-18-22(15-26(25)34)24-5-4-20(17-30-24)19-3-2-7-29-16-19/h1,4-6,8,15,17-19,21,23,29H,2-3,7,9-14,16H2/q+1/t19-,21?,23?/m1/s1. The third-order valence-electron chi connectivity index (χ3n) is 7.94. The molecule has 0 spiro atoms. The van der Waals surface area contributed by atoms with Gasteiger partial charge in [-0.2, -0.15) is 5.10 Å². The molecule has 8 nitrogen and oxygen atoms in total. The number of amides is 1. The molecule has 1 atom stereocenters. The highest BCUT2D eigenvalue weighted by Gasteiger charge is 2.43. The van der Waals surface area contributed by atoms with Crippen LogP contribution in [0.5, 0.6) is 0 Å². The number of carbonyl (C=O) groups is 1. The Hall–Kier alpha value is -3.44. The molecular formula is C27H32N7O+. The molecule has 1 N–H and O–H groups in total. The smallest absolute Gasteiger partial charge is 0.273 e. The number of rotatable bonds is 4. The number of hydrogen-bond donors (Lipinski definition) is 1. The minimum absolute atomic E-state index is 0.0907. The number of fused-ring (bicyclic) bond motifs is 1. The Balaban J connectivity index is 1.16.